The van der Waals surface area contributed by atoms with E-state index in [0.29, 0.717) is 0 Å². The van der Waals surface area contributed by atoms with Crippen molar-refractivity contribution in [3.8, 4) is 0 Å². The van der Waals surface area contributed by atoms with Crippen molar-refractivity contribution in [1.29, 1.82) is 0 Å². The third kappa shape index (κ3) is 3.01. The van der Waals surface area contributed by atoms with Gasteiger partial charge in [0.05, 0.1) is 0 Å². The van der Waals surface area contributed by atoms with Gasteiger partial charge in [0.15, 0.2) is 0 Å². The molecule has 0 atom stereocenters. The molecule has 0 aromatic carbocycles. The Kier molecular flexibility index (Phi) is 4.56. The Hall–Kier alpha value is -0.680. The van der Waals surface area contributed by atoms with E-state index in [0.717, 1.165) is 30.5 Å². The Morgan fingerprint density at radius 2 is 1.67 bits per heavy atom. The van der Waals surface area contributed by atoms with Crippen LogP contribution in [0.3, 0.4) is 0 Å². The topological polar surface area (TPSA) is 23.5 Å². The largest absolute Gasteiger partial charge is 0.380 e. The molecule has 0 saturated carbocycles. The van der Waals surface area contributed by atoms with Gasteiger partial charge in [-0.15, -0.1) is 0 Å². The summed E-state index contributed by atoms with van der Waals surface area (Å²) in [5.74, 6) is 0. The summed E-state index contributed by atoms with van der Waals surface area (Å²) in [6, 6.07) is 4.05. The van der Waals surface area contributed by atoms with Crippen LogP contribution in [0.25, 0.3) is 0 Å². The van der Waals surface area contributed by atoms with Crippen molar-refractivity contribution < 1.29 is 5.11 Å². The first kappa shape index (κ1) is 13.7. The maximum absolute atomic E-state index is 11.0. The third-order valence-corrected chi connectivity index (χ3v) is 4.51. The summed E-state index contributed by atoms with van der Waals surface area (Å²) < 4.78 is 0. The lowest BCUT2D eigenvalue weighted by molar-refractivity contribution is 0.0674. The molecule has 2 nitrogen and oxygen atoms in total. The van der Waals surface area contributed by atoms with Crippen LogP contribution in [0.2, 0.25) is 0 Å². The summed E-state index contributed by atoms with van der Waals surface area (Å²) in [4.78, 5) is 2.15. The third-order valence-electron chi connectivity index (χ3n) is 3.14. The van der Waals surface area contributed by atoms with E-state index in [1.807, 2.05) is 33.7 Å². The van der Waals surface area contributed by atoms with E-state index in [2.05, 4.69) is 19.0 Å². The average molecular weight is 281 g/mol. The zero-order chi connectivity index (χ0) is 13.0. The van der Waals surface area contributed by atoms with Crippen molar-refractivity contribution in [2.75, 3.05) is 20.6 Å². The molecule has 2 heterocycles. The predicted molar refractivity (Wildman–Crippen MR) is 79.4 cm³/mol. The highest BCUT2D eigenvalue weighted by Gasteiger charge is 2.31. The van der Waals surface area contributed by atoms with Gasteiger partial charge in [0.25, 0.3) is 0 Å². The van der Waals surface area contributed by atoms with Gasteiger partial charge in [-0.25, -0.2) is 0 Å². The number of aliphatic hydroxyl groups is 1. The molecule has 0 bridgehead atoms. The molecular weight excluding hydrogens is 262 g/mol. The molecule has 0 spiro atoms. The van der Waals surface area contributed by atoms with Gasteiger partial charge in [-0.05, 0) is 78.3 Å². The molecule has 0 saturated heterocycles. The zero-order valence-corrected chi connectivity index (χ0v) is 12.4. The summed E-state index contributed by atoms with van der Waals surface area (Å²) in [6.07, 6.45) is 1.74. The van der Waals surface area contributed by atoms with E-state index >= 15 is 0 Å². The molecule has 2 rings (SSSR count). The van der Waals surface area contributed by atoms with Crippen LogP contribution in [0.15, 0.2) is 33.7 Å². The first-order chi connectivity index (χ1) is 8.63. The zero-order valence-electron chi connectivity index (χ0n) is 10.8. The molecule has 0 unspecified atom stereocenters. The van der Waals surface area contributed by atoms with Gasteiger partial charge in [-0.3, -0.25) is 0 Å². The molecule has 0 aliphatic carbocycles. The van der Waals surface area contributed by atoms with E-state index < -0.39 is 5.60 Å². The molecule has 0 fully saturated rings. The molecule has 0 radical (unpaired) electrons. The van der Waals surface area contributed by atoms with E-state index in [4.69, 9.17) is 0 Å². The molecule has 2 aromatic heterocycles. The Bertz CT molecular complexity index is 414. The summed E-state index contributed by atoms with van der Waals surface area (Å²) in [7, 11) is 4.13. The fourth-order valence-corrected chi connectivity index (χ4v) is 3.55. The second-order valence-electron chi connectivity index (χ2n) is 4.79. The first-order valence-electron chi connectivity index (χ1n) is 6.05. The van der Waals surface area contributed by atoms with Gasteiger partial charge in [0.1, 0.15) is 5.60 Å². The molecule has 18 heavy (non-hydrogen) atoms. The maximum Gasteiger partial charge on any atom is 0.116 e. The lowest BCUT2D eigenvalue weighted by Gasteiger charge is -2.27. The highest BCUT2D eigenvalue weighted by molar-refractivity contribution is 7.08. The number of nitrogens with zero attached hydrogens (tertiary/aromatic N) is 1. The van der Waals surface area contributed by atoms with Crippen molar-refractivity contribution in [2.45, 2.75) is 18.4 Å². The van der Waals surface area contributed by atoms with E-state index in [-0.39, 0.29) is 0 Å². The molecule has 0 amide bonds. The molecule has 2 aromatic rings. The van der Waals surface area contributed by atoms with Crippen molar-refractivity contribution in [1.82, 2.24) is 4.90 Å². The summed E-state index contributed by atoms with van der Waals surface area (Å²) in [5, 5.41) is 19.2. The fourth-order valence-electron chi connectivity index (χ4n) is 2.11. The van der Waals surface area contributed by atoms with Crippen molar-refractivity contribution in [3.05, 3.63) is 44.8 Å². The minimum absolute atomic E-state index is 0.763. The van der Waals surface area contributed by atoms with Crippen molar-refractivity contribution >= 4 is 22.7 Å². The lowest BCUT2D eigenvalue weighted by atomic mass is 9.85. The Balaban J connectivity index is 2.18. The number of hydrogen-bond donors (Lipinski definition) is 1. The van der Waals surface area contributed by atoms with Crippen LogP contribution in [0, 0.1) is 0 Å². The van der Waals surface area contributed by atoms with Crippen LogP contribution in [-0.4, -0.2) is 30.6 Å². The van der Waals surface area contributed by atoms with Gasteiger partial charge >= 0.3 is 0 Å². The van der Waals surface area contributed by atoms with Gasteiger partial charge in [-0.1, -0.05) is 0 Å². The van der Waals surface area contributed by atoms with Crippen LogP contribution in [0.5, 0.6) is 0 Å². The first-order valence-corrected chi connectivity index (χ1v) is 7.94. The standard InChI is InChI=1S/C14H19NOS2/c1-15(2)7-3-6-14(16,12-4-8-17-10-12)13-5-9-18-11-13/h4-5,8-11,16H,3,6-7H2,1-2H3. The van der Waals surface area contributed by atoms with Gasteiger partial charge in [0, 0.05) is 0 Å². The molecule has 98 valence electrons. The SMILES string of the molecule is CN(C)CCCC(O)(c1ccsc1)c1ccsc1. The summed E-state index contributed by atoms with van der Waals surface area (Å²) in [6.45, 7) is 0.997. The second-order valence-corrected chi connectivity index (χ2v) is 6.35. The minimum atomic E-state index is -0.823. The highest BCUT2D eigenvalue weighted by atomic mass is 32.1. The van der Waals surface area contributed by atoms with E-state index in [9.17, 15) is 5.11 Å². The number of thiophene rings is 2. The average Bonchev–Trinajstić information content (AvgIpc) is 3.02. The van der Waals surface area contributed by atoms with Gasteiger partial charge in [0.2, 0.25) is 0 Å². The van der Waals surface area contributed by atoms with Crippen LogP contribution in [-0.2, 0) is 5.60 Å². The molecule has 0 aliphatic heterocycles. The Morgan fingerprint density at radius 3 is 2.06 bits per heavy atom. The monoisotopic (exact) mass is 281 g/mol. The van der Waals surface area contributed by atoms with Gasteiger partial charge in [-0.2, -0.15) is 22.7 Å². The Labute approximate surface area is 117 Å². The maximum atomic E-state index is 11.0. The summed E-state index contributed by atoms with van der Waals surface area (Å²) >= 11 is 3.27. The smallest absolute Gasteiger partial charge is 0.116 e. The van der Waals surface area contributed by atoms with Crippen molar-refractivity contribution in [2.24, 2.45) is 0 Å². The number of hydrogen-bond acceptors (Lipinski definition) is 4. The van der Waals surface area contributed by atoms with E-state index in [1.54, 1.807) is 22.7 Å². The molecule has 4 heteroatoms. The molecule has 0 aliphatic rings. The predicted octanol–water partition coefficient (Wildman–Crippen LogP) is 3.39. The van der Waals surface area contributed by atoms with Crippen LogP contribution >= 0.6 is 22.7 Å². The molecular formula is C14H19NOS2. The fraction of sp³-hybridized carbons (Fsp3) is 0.429. The number of rotatable bonds is 6. The second kappa shape index (κ2) is 5.97. The highest BCUT2D eigenvalue weighted by Crippen LogP contribution is 2.36. The quantitative estimate of drug-likeness (QED) is 0.877. The lowest BCUT2D eigenvalue weighted by Crippen LogP contribution is -2.27. The minimum Gasteiger partial charge on any atom is -0.380 e. The van der Waals surface area contributed by atoms with Crippen LogP contribution in [0.1, 0.15) is 24.0 Å². The summed E-state index contributed by atoms with van der Waals surface area (Å²) in [5.41, 5.74) is 1.21. The van der Waals surface area contributed by atoms with E-state index in [1.165, 1.54) is 0 Å². The van der Waals surface area contributed by atoms with Crippen LogP contribution < -0.4 is 0 Å². The van der Waals surface area contributed by atoms with Crippen molar-refractivity contribution in [3.63, 3.8) is 0 Å². The Morgan fingerprint density at radius 1 is 1.11 bits per heavy atom. The van der Waals surface area contributed by atoms with Crippen LogP contribution in [0.4, 0.5) is 0 Å². The molecule has 1 N–H and O–H groups in total. The normalized spacial score (nSPS) is 12.2. The van der Waals surface area contributed by atoms with Gasteiger partial charge < -0.3 is 10.0 Å².